The minimum atomic E-state index is -0.718. The Hall–Kier alpha value is -1.83. The van der Waals surface area contributed by atoms with Crippen molar-refractivity contribution in [2.75, 3.05) is 6.54 Å². The zero-order valence-corrected chi connectivity index (χ0v) is 8.31. The summed E-state index contributed by atoms with van der Waals surface area (Å²) in [7, 11) is 0. The smallest absolute Gasteiger partial charge is 0.240 e. The van der Waals surface area contributed by atoms with Crippen molar-refractivity contribution in [3.05, 3.63) is 18.5 Å². The standard InChI is InChI=1S/C10H12N4O/c11-8-10(2-3-10)9(15)12-5-7-14-6-1-4-13-14/h1,4,6H,2-3,5,7H2,(H,12,15). The van der Waals surface area contributed by atoms with Gasteiger partial charge in [0, 0.05) is 18.9 Å². The van der Waals surface area contributed by atoms with Crippen LogP contribution in [0.4, 0.5) is 0 Å². The van der Waals surface area contributed by atoms with E-state index < -0.39 is 5.41 Å². The van der Waals surface area contributed by atoms with Crippen molar-refractivity contribution in [2.24, 2.45) is 5.41 Å². The fourth-order valence-electron chi connectivity index (χ4n) is 1.40. The third-order valence-electron chi connectivity index (χ3n) is 2.58. The Morgan fingerprint density at radius 1 is 1.67 bits per heavy atom. The summed E-state index contributed by atoms with van der Waals surface area (Å²) in [5.74, 6) is -0.142. The second kappa shape index (κ2) is 3.73. The number of nitrogens with one attached hydrogen (secondary N) is 1. The van der Waals surface area contributed by atoms with E-state index in [1.54, 1.807) is 10.9 Å². The van der Waals surface area contributed by atoms with Crippen molar-refractivity contribution in [3.8, 4) is 6.07 Å². The Bertz CT molecular complexity index is 386. The molecule has 78 valence electrons. The van der Waals surface area contributed by atoms with Crippen LogP contribution in [-0.2, 0) is 11.3 Å². The summed E-state index contributed by atoms with van der Waals surface area (Å²) in [5, 5.41) is 15.5. The maximum absolute atomic E-state index is 11.5. The predicted molar refractivity (Wildman–Crippen MR) is 52.5 cm³/mol. The first-order chi connectivity index (χ1) is 7.27. The van der Waals surface area contributed by atoms with Gasteiger partial charge in [-0.25, -0.2) is 0 Å². The Morgan fingerprint density at radius 2 is 2.47 bits per heavy atom. The third kappa shape index (κ3) is 1.99. The molecule has 0 unspecified atom stereocenters. The highest BCUT2D eigenvalue weighted by Gasteiger charge is 2.50. The lowest BCUT2D eigenvalue weighted by Gasteiger charge is -2.07. The van der Waals surface area contributed by atoms with Crippen LogP contribution in [0, 0.1) is 16.7 Å². The van der Waals surface area contributed by atoms with Gasteiger partial charge in [-0.1, -0.05) is 0 Å². The molecule has 1 saturated carbocycles. The van der Waals surface area contributed by atoms with Crippen molar-refractivity contribution < 1.29 is 4.79 Å². The first-order valence-electron chi connectivity index (χ1n) is 4.94. The molecule has 5 nitrogen and oxygen atoms in total. The number of rotatable bonds is 4. The molecule has 0 radical (unpaired) electrons. The van der Waals surface area contributed by atoms with Crippen LogP contribution in [0.25, 0.3) is 0 Å². The van der Waals surface area contributed by atoms with E-state index in [0.717, 1.165) is 0 Å². The van der Waals surface area contributed by atoms with Crippen LogP contribution in [0.3, 0.4) is 0 Å². The van der Waals surface area contributed by atoms with Crippen molar-refractivity contribution in [1.29, 1.82) is 5.26 Å². The van der Waals surface area contributed by atoms with Crippen LogP contribution in [0.5, 0.6) is 0 Å². The van der Waals surface area contributed by atoms with Gasteiger partial charge in [0.25, 0.3) is 0 Å². The molecule has 15 heavy (non-hydrogen) atoms. The Kier molecular flexibility index (Phi) is 2.42. The number of carbonyl (C=O) groups excluding carboxylic acids is 1. The Labute approximate surface area is 87.7 Å². The molecule has 1 amide bonds. The van der Waals surface area contributed by atoms with E-state index in [1.165, 1.54) is 0 Å². The van der Waals surface area contributed by atoms with Crippen LogP contribution in [0.2, 0.25) is 0 Å². The molecule has 0 saturated heterocycles. The number of nitrogens with zero attached hydrogens (tertiary/aromatic N) is 3. The fraction of sp³-hybridized carbons (Fsp3) is 0.500. The lowest BCUT2D eigenvalue weighted by atomic mass is 10.1. The minimum absolute atomic E-state index is 0.142. The molecule has 5 heteroatoms. The quantitative estimate of drug-likeness (QED) is 0.767. The first kappa shape index (κ1) is 9.71. The maximum Gasteiger partial charge on any atom is 0.240 e. The van der Waals surface area contributed by atoms with Crippen LogP contribution < -0.4 is 5.32 Å². The number of nitriles is 1. The van der Waals surface area contributed by atoms with E-state index >= 15 is 0 Å². The average molecular weight is 204 g/mol. The average Bonchev–Trinajstić information content (AvgIpc) is 2.90. The molecule has 0 atom stereocenters. The molecule has 1 aliphatic carbocycles. The highest BCUT2D eigenvalue weighted by Crippen LogP contribution is 2.44. The Morgan fingerprint density at radius 3 is 3.00 bits per heavy atom. The van der Waals surface area contributed by atoms with Gasteiger partial charge in [0.2, 0.25) is 5.91 Å². The molecule has 1 N–H and O–H groups in total. The van der Waals surface area contributed by atoms with Crippen LogP contribution >= 0.6 is 0 Å². The molecule has 0 spiro atoms. The summed E-state index contributed by atoms with van der Waals surface area (Å²) in [4.78, 5) is 11.5. The minimum Gasteiger partial charge on any atom is -0.353 e. The van der Waals surface area contributed by atoms with Crippen LogP contribution in [0.15, 0.2) is 18.5 Å². The first-order valence-corrected chi connectivity index (χ1v) is 4.94. The van der Waals surface area contributed by atoms with Gasteiger partial charge >= 0.3 is 0 Å². The van der Waals surface area contributed by atoms with Gasteiger partial charge in [0.15, 0.2) is 0 Å². The topological polar surface area (TPSA) is 70.7 Å². The molecule has 0 aliphatic heterocycles. The predicted octanol–water partition coefficient (Wildman–Crippen LogP) is 0.303. The van der Waals surface area contributed by atoms with E-state index in [1.807, 2.05) is 12.3 Å². The molecular formula is C10H12N4O. The lowest BCUT2D eigenvalue weighted by Crippen LogP contribution is -2.33. The van der Waals surface area contributed by atoms with E-state index in [4.69, 9.17) is 5.26 Å². The third-order valence-corrected chi connectivity index (χ3v) is 2.58. The number of carbonyl (C=O) groups is 1. The van der Waals surface area contributed by atoms with Gasteiger partial charge in [-0.05, 0) is 18.9 Å². The summed E-state index contributed by atoms with van der Waals surface area (Å²) in [6.07, 6.45) is 4.91. The van der Waals surface area contributed by atoms with E-state index in [-0.39, 0.29) is 5.91 Å². The van der Waals surface area contributed by atoms with Gasteiger partial charge in [-0.15, -0.1) is 0 Å². The second-order valence-corrected chi connectivity index (χ2v) is 3.72. The SMILES string of the molecule is N#CC1(C(=O)NCCn2cccn2)CC1. The molecule has 0 bridgehead atoms. The zero-order valence-electron chi connectivity index (χ0n) is 8.31. The number of hydrogen-bond acceptors (Lipinski definition) is 3. The van der Waals surface area contributed by atoms with Gasteiger partial charge in [-0.2, -0.15) is 10.4 Å². The molecule has 1 aromatic heterocycles. The van der Waals surface area contributed by atoms with Crippen LogP contribution in [0.1, 0.15) is 12.8 Å². The van der Waals surface area contributed by atoms with Gasteiger partial charge in [0.05, 0.1) is 12.6 Å². The molecule has 1 heterocycles. The number of amides is 1. The van der Waals surface area contributed by atoms with E-state index in [2.05, 4.69) is 16.5 Å². The monoisotopic (exact) mass is 204 g/mol. The molecule has 1 aliphatic rings. The maximum atomic E-state index is 11.5. The molecular weight excluding hydrogens is 192 g/mol. The summed E-state index contributed by atoms with van der Waals surface area (Å²) >= 11 is 0. The van der Waals surface area contributed by atoms with E-state index in [0.29, 0.717) is 25.9 Å². The highest BCUT2D eigenvalue weighted by atomic mass is 16.2. The van der Waals surface area contributed by atoms with Crippen molar-refractivity contribution >= 4 is 5.91 Å². The Balaban J connectivity index is 1.75. The van der Waals surface area contributed by atoms with Crippen LogP contribution in [-0.4, -0.2) is 22.2 Å². The fourth-order valence-corrected chi connectivity index (χ4v) is 1.40. The van der Waals surface area contributed by atoms with Gasteiger partial charge < -0.3 is 5.32 Å². The normalized spacial score (nSPS) is 16.7. The van der Waals surface area contributed by atoms with Crippen molar-refractivity contribution in [3.63, 3.8) is 0 Å². The second-order valence-electron chi connectivity index (χ2n) is 3.72. The summed E-state index contributed by atoms with van der Waals surface area (Å²) in [6, 6.07) is 3.89. The molecule has 2 rings (SSSR count). The molecule has 0 aromatic carbocycles. The lowest BCUT2D eigenvalue weighted by molar-refractivity contribution is -0.124. The zero-order chi connectivity index (χ0) is 10.7. The highest BCUT2D eigenvalue weighted by molar-refractivity contribution is 5.88. The number of hydrogen-bond donors (Lipinski definition) is 1. The largest absolute Gasteiger partial charge is 0.353 e. The number of aromatic nitrogens is 2. The van der Waals surface area contributed by atoms with Gasteiger partial charge in [-0.3, -0.25) is 9.48 Å². The van der Waals surface area contributed by atoms with Crippen molar-refractivity contribution in [1.82, 2.24) is 15.1 Å². The summed E-state index contributed by atoms with van der Waals surface area (Å²) in [6.45, 7) is 1.16. The van der Waals surface area contributed by atoms with E-state index in [9.17, 15) is 4.79 Å². The van der Waals surface area contributed by atoms with Gasteiger partial charge in [0.1, 0.15) is 5.41 Å². The summed E-state index contributed by atoms with van der Waals surface area (Å²) < 4.78 is 1.74. The molecule has 1 aromatic rings. The summed E-state index contributed by atoms with van der Waals surface area (Å²) in [5.41, 5.74) is -0.718. The molecule has 1 fully saturated rings. The van der Waals surface area contributed by atoms with Crippen molar-refractivity contribution in [2.45, 2.75) is 19.4 Å².